The van der Waals surface area contributed by atoms with Crippen molar-refractivity contribution in [3.63, 3.8) is 0 Å². The lowest BCUT2D eigenvalue weighted by Gasteiger charge is -2.20. The van der Waals surface area contributed by atoms with Crippen molar-refractivity contribution >= 4 is 0 Å². The number of imidazole rings is 1. The van der Waals surface area contributed by atoms with Crippen LogP contribution in [0, 0.1) is 5.92 Å². The van der Waals surface area contributed by atoms with Crippen molar-refractivity contribution in [3.8, 4) is 0 Å². The van der Waals surface area contributed by atoms with Gasteiger partial charge in [0.15, 0.2) is 0 Å². The van der Waals surface area contributed by atoms with E-state index in [1.54, 1.807) is 0 Å². The standard InChI is InChI=1S/C15H27N3/c1-3-16-14-7-5-4-6-13(12-14)8-9-15-17-10-11-18(15)2/h10-11,13-14,16H,3-9,12H2,1-2H3. The summed E-state index contributed by atoms with van der Waals surface area (Å²) in [5.41, 5.74) is 0. The van der Waals surface area contributed by atoms with E-state index >= 15 is 0 Å². The number of aryl methyl sites for hydroxylation is 2. The van der Waals surface area contributed by atoms with Crippen LogP contribution < -0.4 is 5.32 Å². The van der Waals surface area contributed by atoms with E-state index in [-0.39, 0.29) is 0 Å². The van der Waals surface area contributed by atoms with Crippen LogP contribution in [0.25, 0.3) is 0 Å². The van der Waals surface area contributed by atoms with Crippen LogP contribution in [0.1, 0.15) is 51.3 Å². The zero-order valence-electron chi connectivity index (χ0n) is 11.9. The fourth-order valence-electron chi connectivity index (χ4n) is 3.17. The fourth-order valence-corrected chi connectivity index (χ4v) is 3.17. The third-order valence-corrected chi connectivity index (χ3v) is 4.22. The number of aromatic nitrogens is 2. The first-order valence-electron chi connectivity index (χ1n) is 7.49. The van der Waals surface area contributed by atoms with Crippen molar-refractivity contribution < 1.29 is 0 Å². The van der Waals surface area contributed by atoms with Gasteiger partial charge in [-0.05, 0) is 31.7 Å². The molecule has 0 spiro atoms. The number of hydrogen-bond acceptors (Lipinski definition) is 2. The van der Waals surface area contributed by atoms with Gasteiger partial charge in [0.25, 0.3) is 0 Å². The van der Waals surface area contributed by atoms with E-state index in [1.807, 2.05) is 12.4 Å². The normalized spacial score (nSPS) is 25.0. The van der Waals surface area contributed by atoms with Crippen molar-refractivity contribution in [2.75, 3.05) is 6.54 Å². The molecular weight excluding hydrogens is 222 g/mol. The molecular formula is C15H27N3. The Hall–Kier alpha value is -0.830. The molecule has 1 N–H and O–H groups in total. The molecule has 2 rings (SSSR count). The van der Waals surface area contributed by atoms with Gasteiger partial charge in [-0.2, -0.15) is 0 Å². The zero-order chi connectivity index (χ0) is 12.8. The minimum Gasteiger partial charge on any atom is -0.338 e. The quantitative estimate of drug-likeness (QED) is 0.813. The maximum atomic E-state index is 4.43. The molecule has 1 saturated carbocycles. The Bertz CT molecular complexity index is 345. The van der Waals surface area contributed by atoms with Crippen molar-refractivity contribution in [1.82, 2.24) is 14.9 Å². The zero-order valence-corrected chi connectivity index (χ0v) is 11.9. The van der Waals surface area contributed by atoms with E-state index in [1.165, 1.54) is 44.3 Å². The predicted octanol–water partition coefficient (Wildman–Crippen LogP) is 2.91. The van der Waals surface area contributed by atoms with Crippen LogP contribution in [0.2, 0.25) is 0 Å². The lowest BCUT2D eigenvalue weighted by atomic mass is 9.93. The minimum atomic E-state index is 0.754. The Labute approximate surface area is 111 Å². The van der Waals surface area contributed by atoms with Crippen molar-refractivity contribution in [2.45, 2.75) is 57.9 Å². The van der Waals surface area contributed by atoms with E-state index in [2.05, 4.69) is 28.8 Å². The molecule has 0 aromatic carbocycles. The van der Waals surface area contributed by atoms with Gasteiger partial charge < -0.3 is 9.88 Å². The summed E-state index contributed by atoms with van der Waals surface area (Å²) in [6.07, 6.45) is 13.3. The van der Waals surface area contributed by atoms with Crippen LogP contribution >= 0.6 is 0 Å². The molecule has 0 bridgehead atoms. The number of nitrogens with one attached hydrogen (secondary N) is 1. The average Bonchev–Trinajstić information content (AvgIpc) is 2.63. The molecule has 1 aliphatic carbocycles. The van der Waals surface area contributed by atoms with E-state index in [0.717, 1.165) is 24.9 Å². The Kier molecular flexibility index (Phi) is 5.24. The molecule has 0 aliphatic heterocycles. The van der Waals surface area contributed by atoms with Crippen molar-refractivity contribution in [3.05, 3.63) is 18.2 Å². The molecule has 0 radical (unpaired) electrons. The van der Waals surface area contributed by atoms with E-state index in [0.29, 0.717) is 0 Å². The number of hydrogen-bond donors (Lipinski definition) is 1. The third-order valence-electron chi connectivity index (χ3n) is 4.22. The third kappa shape index (κ3) is 3.84. The second-order valence-corrected chi connectivity index (χ2v) is 5.63. The second kappa shape index (κ2) is 6.93. The highest BCUT2D eigenvalue weighted by Crippen LogP contribution is 2.26. The smallest absolute Gasteiger partial charge is 0.108 e. The molecule has 2 unspecified atom stereocenters. The van der Waals surface area contributed by atoms with Crippen molar-refractivity contribution in [1.29, 1.82) is 0 Å². The van der Waals surface area contributed by atoms with Gasteiger partial charge in [-0.25, -0.2) is 4.98 Å². The van der Waals surface area contributed by atoms with Gasteiger partial charge in [0.2, 0.25) is 0 Å². The summed E-state index contributed by atoms with van der Waals surface area (Å²) in [6.45, 7) is 3.32. The van der Waals surface area contributed by atoms with Gasteiger partial charge in [-0.3, -0.25) is 0 Å². The lowest BCUT2D eigenvalue weighted by Crippen LogP contribution is -2.30. The Morgan fingerprint density at radius 3 is 2.94 bits per heavy atom. The maximum absolute atomic E-state index is 4.43. The van der Waals surface area contributed by atoms with Gasteiger partial charge >= 0.3 is 0 Å². The fraction of sp³-hybridized carbons (Fsp3) is 0.800. The van der Waals surface area contributed by atoms with Crippen LogP contribution in [-0.2, 0) is 13.5 Å². The molecule has 0 amide bonds. The monoisotopic (exact) mass is 249 g/mol. The summed E-state index contributed by atoms with van der Waals surface area (Å²) in [7, 11) is 2.09. The SMILES string of the molecule is CCNC1CCCCC(CCc2nccn2C)C1. The number of nitrogens with zero attached hydrogens (tertiary/aromatic N) is 2. The van der Waals surface area contributed by atoms with Crippen LogP contribution in [0.5, 0.6) is 0 Å². The van der Waals surface area contributed by atoms with E-state index in [9.17, 15) is 0 Å². The largest absolute Gasteiger partial charge is 0.338 e. The molecule has 102 valence electrons. The Morgan fingerprint density at radius 1 is 1.39 bits per heavy atom. The molecule has 3 heteroatoms. The predicted molar refractivity (Wildman–Crippen MR) is 75.6 cm³/mol. The van der Waals surface area contributed by atoms with Crippen LogP contribution in [0.15, 0.2) is 12.4 Å². The molecule has 3 nitrogen and oxygen atoms in total. The van der Waals surface area contributed by atoms with Gasteiger partial charge in [0.05, 0.1) is 0 Å². The highest BCUT2D eigenvalue weighted by atomic mass is 15.0. The summed E-state index contributed by atoms with van der Waals surface area (Å²) in [5, 5.41) is 3.64. The summed E-state index contributed by atoms with van der Waals surface area (Å²) < 4.78 is 2.15. The van der Waals surface area contributed by atoms with Gasteiger partial charge in [0.1, 0.15) is 5.82 Å². The van der Waals surface area contributed by atoms with E-state index in [4.69, 9.17) is 0 Å². The lowest BCUT2D eigenvalue weighted by molar-refractivity contribution is 0.369. The van der Waals surface area contributed by atoms with Crippen LogP contribution in [0.3, 0.4) is 0 Å². The highest BCUT2D eigenvalue weighted by Gasteiger charge is 2.19. The molecule has 1 aliphatic rings. The van der Waals surface area contributed by atoms with Crippen LogP contribution in [-0.4, -0.2) is 22.1 Å². The second-order valence-electron chi connectivity index (χ2n) is 5.63. The summed E-state index contributed by atoms with van der Waals surface area (Å²) >= 11 is 0. The summed E-state index contributed by atoms with van der Waals surface area (Å²) in [4.78, 5) is 4.43. The molecule has 2 atom stereocenters. The number of rotatable bonds is 5. The Morgan fingerprint density at radius 2 is 2.22 bits per heavy atom. The first-order chi connectivity index (χ1) is 8.79. The summed E-state index contributed by atoms with van der Waals surface area (Å²) in [6, 6.07) is 0.754. The van der Waals surface area contributed by atoms with Gasteiger partial charge in [-0.1, -0.05) is 26.2 Å². The van der Waals surface area contributed by atoms with Gasteiger partial charge in [-0.15, -0.1) is 0 Å². The Balaban J connectivity index is 1.82. The first kappa shape index (κ1) is 13.6. The molecule has 1 heterocycles. The van der Waals surface area contributed by atoms with Crippen LogP contribution in [0.4, 0.5) is 0 Å². The van der Waals surface area contributed by atoms with Crippen molar-refractivity contribution in [2.24, 2.45) is 13.0 Å². The molecule has 18 heavy (non-hydrogen) atoms. The summed E-state index contributed by atoms with van der Waals surface area (Å²) in [5.74, 6) is 2.12. The first-order valence-corrected chi connectivity index (χ1v) is 7.49. The topological polar surface area (TPSA) is 29.9 Å². The molecule has 1 aromatic rings. The van der Waals surface area contributed by atoms with Gasteiger partial charge in [0, 0.05) is 31.9 Å². The molecule has 1 aromatic heterocycles. The molecule has 1 fully saturated rings. The minimum absolute atomic E-state index is 0.754. The molecule has 0 saturated heterocycles. The highest BCUT2D eigenvalue weighted by molar-refractivity contribution is 4.92. The average molecular weight is 249 g/mol. The van der Waals surface area contributed by atoms with E-state index < -0.39 is 0 Å². The maximum Gasteiger partial charge on any atom is 0.108 e.